The number of benzene rings is 1. The van der Waals surface area contributed by atoms with Crippen LogP contribution in [0.25, 0.3) is 0 Å². The molecule has 1 aliphatic rings. The van der Waals surface area contributed by atoms with Crippen LogP contribution < -0.4 is 0 Å². The minimum atomic E-state index is -0.461. The van der Waals surface area contributed by atoms with Gasteiger partial charge in [-0.1, -0.05) is 24.3 Å². The molecule has 0 bridgehead atoms. The molecule has 1 aromatic heterocycles. The molecule has 3 rings (SSSR count). The molecule has 17 heavy (non-hydrogen) atoms. The summed E-state index contributed by atoms with van der Waals surface area (Å²) >= 11 is 0. The van der Waals surface area contributed by atoms with Crippen LogP contribution in [0.2, 0.25) is 0 Å². The highest BCUT2D eigenvalue weighted by molar-refractivity contribution is 5.35. The lowest BCUT2D eigenvalue weighted by atomic mass is 10.1. The van der Waals surface area contributed by atoms with Crippen molar-refractivity contribution in [1.82, 2.24) is 9.55 Å². The molecule has 86 valence electrons. The maximum atomic E-state index is 10.6. The van der Waals surface area contributed by atoms with Gasteiger partial charge >= 0.3 is 5.82 Å². The van der Waals surface area contributed by atoms with Crippen molar-refractivity contribution >= 4 is 5.82 Å². The van der Waals surface area contributed by atoms with Gasteiger partial charge in [0.25, 0.3) is 0 Å². The summed E-state index contributed by atoms with van der Waals surface area (Å²) in [5.74, 6) is -0.0885. The summed E-state index contributed by atoms with van der Waals surface area (Å²) in [7, 11) is 0. The molecule has 0 N–H and O–H groups in total. The van der Waals surface area contributed by atoms with Gasteiger partial charge in [0.15, 0.2) is 0 Å². The number of hydrogen-bond donors (Lipinski definition) is 0. The van der Waals surface area contributed by atoms with E-state index in [4.69, 9.17) is 0 Å². The average Bonchev–Trinajstić information content (AvgIpc) is 2.95. The van der Waals surface area contributed by atoms with Gasteiger partial charge < -0.3 is 14.7 Å². The van der Waals surface area contributed by atoms with E-state index in [1.54, 1.807) is 6.33 Å². The Bertz CT molecular complexity index is 577. The van der Waals surface area contributed by atoms with E-state index < -0.39 is 4.92 Å². The molecule has 0 radical (unpaired) electrons. The Morgan fingerprint density at radius 3 is 3.00 bits per heavy atom. The molecule has 1 heterocycles. The van der Waals surface area contributed by atoms with Crippen molar-refractivity contribution in [3.05, 3.63) is 58.0 Å². The number of nitro groups is 1. The van der Waals surface area contributed by atoms with E-state index in [0.717, 1.165) is 12.8 Å². The molecule has 1 aliphatic carbocycles. The van der Waals surface area contributed by atoms with Crippen LogP contribution in [0.3, 0.4) is 0 Å². The van der Waals surface area contributed by atoms with Crippen LogP contribution in [-0.4, -0.2) is 14.5 Å². The van der Waals surface area contributed by atoms with Crippen molar-refractivity contribution in [2.45, 2.75) is 18.9 Å². The summed E-state index contributed by atoms with van der Waals surface area (Å²) < 4.78 is 1.84. The van der Waals surface area contributed by atoms with E-state index in [2.05, 4.69) is 17.1 Å². The second-order valence-electron chi connectivity index (χ2n) is 4.19. The third-order valence-electron chi connectivity index (χ3n) is 3.24. The Labute approximate surface area is 97.9 Å². The summed E-state index contributed by atoms with van der Waals surface area (Å²) in [5, 5.41) is 10.6. The highest BCUT2D eigenvalue weighted by Gasteiger charge is 2.25. The van der Waals surface area contributed by atoms with Crippen molar-refractivity contribution in [3.63, 3.8) is 0 Å². The van der Waals surface area contributed by atoms with Gasteiger partial charge in [0.1, 0.15) is 6.20 Å². The first-order valence-corrected chi connectivity index (χ1v) is 5.51. The largest absolute Gasteiger partial charge is 0.381 e. The zero-order chi connectivity index (χ0) is 11.8. The van der Waals surface area contributed by atoms with Gasteiger partial charge in [0, 0.05) is 0 Å². The maximum Gasteiger partial charge on any atom is 0.381 e. The summed E-state index contributed by atoms with van der Waals surface area (Å²) in [5.41, 5.74) is 2.58. The van der Waals surface area contributed by atoms with Crippen LogP contribution in [-0.2, 0) is 6.42 Å². The van der Waals surface area contributed by atoms with Crippen LogP contribution in [0.1, 0.15) is 23.6 Å². The van der Waals surface area contributed by atoms with Gasteiger partial charge in [-0.2, -0.15) is 0 Å². The lowest BCUT2D eigenvalue weighted by molar-refractivity contribution is -0.389. The normalized spacial score (nSPS) is 18.0. The molecule has 0 unspecified atom stereocenters. The number of imidazole rings is 1. The molecule has 5 nitrogen and oxygen atoms in total. The van der Waals surface area contributed by atoms with Gasteiger partial charge in [-0.3, -0.25) is 0 Å². The van der Waals surface area contributed by atoms with E-state index in [0.29, 0.717) is 0 Å². The quantitative estimate of drug-likeness (QED) is 0.586. The fraction of sp³-hybridized carbons (Fsp3) is 0.250. The molecule has 0 fully saturated rings. The van der Waals surface area contributed by atoms with E-state index in [1.807, 2.05) is 16.7 Å². The SMILES string of the molecule is O=[N+]([O-])c1cn([C@H]2CCc3ccccc32)cn1. The molecule has 2 aromatic rings. The first kappa shape index (κ1) is 10.0. The third kappa shape index (κ3) is 1.60. The second kappa shape index (κ2) is 3.69. The molecule has 0 spiro atoms. The average molecular weight is 229 g/mol. The van der Waals surface area contributed by atoms with Crippen LogP contribution in [0.4, 0.5) is 5.82 Å². The lowest BCUT2D eigenvalue weighted by Gasteiger charge is -2.11. The van der Waals surface area contributed by atoms with Crippen LogP contribution in [0, 0.1) is 10.1 Å². The van der Waals surface area contributed by atoms with Crippen LogP contribution in [0.15, 0.2) is 36.8 Å². The van der Waals surface area contributed by atoms with Crippen molar-refractivity contribution < 1.29 is 4.92 Å². The molecular formula is C12H11N3O2. The number of nitrogens with zero attached hydrogens (tertiary/aromatic N) is 3. The summed E-state index contributed by atoms with van der Waals surface area (Å²) in [6, 6.07) is 8.41. The van der Waals surface area contributed by atoms with Crippen LogP contribution in [0.5, 0.6) is 0 Å². The van der Waals surface area contributed by atoms with Crippen molar-refractivity contribution in [2.24, 2.45) is 0 Å². The Morgan fingerprint density at radius 2 is 2.24 bits per heavy atom. The molecule has 1 atom stereocenters. The standard InChI is InChI=1S/C12H11N3O2/c16-15(17)12-7-14(8-13-12)11-6-5-9-3-1-2-4-10(9)11/h1-4,7-8,11H,5-6H2/t11-/m0/s1. The summed E-state index contributed by atoms with van der Waals surface area (Å²) in [6.45, 7) is 0. The molecule has 0 saturated heterocycles. The topological polar surface area (TPSA) is 61.0 Å². The summed E-state index contributed by atoms with van der Waals surface area (Å²) in [4.78, 5) is 13.9. The van der Waals surface area contributed by atoms with Gasteiger partial charge in [0.2, 0.25) is 6.33 Å². The third-order valence-corrected chi connectivity index (χ3v) is 3.24. The Balaban J connectivity index is 1.98. The maximum absolute atomic E-state index is 10.6. The van der Waals surface area contributed by atoms with E-state index in [1.165, 1.54) is 17.3 Å². The smallest absolute Gasteiger partial charge is 0.358 e. The van der Waals surface area contributed by atoms with Gasteiger partial charge in [-0.05, 0) is 33.9 Å². The minimum Gasteiger partial charge on any atom is -0.358 e. The Hall–Kier alpha value is -2.17. The zero-order valence-electron chi connectivity index (χ0n) is 9.11. The fourth-order valence-corrected chi connectivity index (χ4v) is 2.43. The number of rotatable bonds is 2. The van der Waals surface area contributed by atoms with Gasteiger partial charge in [-0.15, -0.1) is 0 Å². The summed E-state index contributed by atoms with van der Waals surface area (Å²) in [6.07, 6.45) is 5.05. The second-order valence-corrected chi connectivity index (χ2v) is 4.19. The number of hydrogen-bond acceptors (Lipinski definition) is 3. The number of aromatic nitrogens is 2. The molecule has 0 aliphatic heterocycles. The monoisotopic (exact) mass is 229 g/mol. The highest BCUT2D eigenvalue weighted by Crippen LogP contribution is 2.34. The highest BCUT2D eigenvalue weighted by atomic mass is 16.6. The number of aryl methyl sites for hydroxylation is 1. The lowest BCUT2D eigenvalue weighted by Crippen LogP contribution is -2.04. The zero-order valence-corrected chi connectivity index (χ0v) is 9.11. The first-order valence-electron chi connectivity index (χ1n) is 5.51. The predicted octanol–water partition coefficient (Wildman–Crippen LogP) is 2.33. The molecule has 0 saturated carbocycles. The Morgan fingerprint density at radius 1 is 1.41 bits per heavy atom. The van der Waals surface area contributed by atoms with Gasteiger partial charge in [0.05, 0.1) is 6.04 Å². The molecule has 0 amide bonds. The Kier molecular flexibility index (Phi) is 2.18. The van der Waals surface area contributed by atoms with E-state index in [-0.39, 0.29) is 11.9 Å². The van der Waals surface area contributed by atoms with E-state index >= 15 is 0 Å². The number of fused-ring (bicyclic) bond motifs is 1. The van der Waals surface area contributed by atoms with E-state index in [9.17, 15) is 10.1 Å². The molecule has 5 heteroatoms. The molecule has 1 aromatic carbocycles. The van der Waals surface area contributed by atoms with Crippen LogP contribution >= 0.6 is 0 Å². The van der Waals surface area contributed by atoms with Crippen molar-refractivity contribution in [2.75, 3.05) is 0 Å². The predicted molar refractivity (Wildman–Crippen MR) is 61.8 cm³/mol. The minimum absolute atomic E-state index is 0.0885. The first-order chi connectivity index (χ1) is 8.25. The molecular weight excluding hydrogens is 218 g/mol. The fourth-order valence-electron chi connectivity index (χ4n) is 2.43. The van der Waals surface area contributed by atoms with Gasteiger partial charge in [-0.25, -0.2) is 0 Å². The van der Waals surface area contributed by atoms with Crippen molar-refractivity contribution in [1.29, 1.82) is 0 Å². The van der Waals surface area contributed by atoms with Crippen molar-refractivity contribution in [3.8, 4) is 0 Å².